The molecule has 0 aliphatic heterocycles. The molecule has 0 amide bonds. The Morgan fingerprint density at radius 3 is 1.57 bits per heavy atom. The van der Waals surface area contributed by atoms with Crippen LogP contribution in [0.5, 0.6) is 0 Å². The van der Waals surface area contributed by atoms with Crippen molar-refractivity contribution in [3.8, 4) is 33.6 Å². The van der Waals surface area contributed by atoms with Gasteiger partial charge in [-0.1, -0.05) is 140 Å². The molecule has 0 radical (unpaired) electrons. The quantitative estimate of drug-likeness (QED) is 0.178. The minimum Gasteiger partial charge on any atom is -0.238 e. The van der Waals surface area contributed by atoms with Crippen LogP contribution in [0.3, 0.4) is 0 Å². The molecule has 0 spiro atoms. The summed E-state index contributed by atoms with van der Waals surface area (Å²) >= 11 is 0. The number of alkyl halides is 1. The number of nitrogens with zero attached hydrogens (tertiary/aromatic N) is 2. The lowest BCUT2D eigenvalue weighted by molar-refractivity contribution is 0.416. The number of aromatic nitrogens is 2. The Hall–Kier alpha value is -6.45. The smallest absolute Gasteiger partial charge is 0.160 e. The summed E-state index contributed by atoms with van der Waals surface area (Å²) in [5.74, 6) is 0. The molecule has 9 rings (SSSR count). The maximum Gasteiger partial charge on any atom is 0.160 e. The highest BCUT2D eigenvalue weighted by Crippen LogP contribution is 2.39. The van der Waals surface area contributed by atoms with Gasteiger partial charge in [0.15, 0.2) is 5.65 Å². The van der Waals surface area contributed by atoms with Crippen LogP contribution in [0.15, 0.2) is 170 Å². The zero-order valence-corrected chi connectivity index (χ0v) is 28.1. The molecular weight excluding hydrogens is 624 g/mol. The fourth-order valence-electron chi connectivity index (χ4n) is 7.10. The van der Waals surface area contributed by atoms with Gasteiger partial charge in [0, 0.05) is 27.6 Å². The van der Waals surface area contributed by atoms with Gasteiger partial charge < -0.3 is 0 Å². The van der Waals surface area contributed by atoms with Crippen molar-refractivity contribution in [2.75, 3.05) is 0 Å². The first-order valence-corrected chi connectivity index (χ1v) is 17.3. The van der Waals surface area contributed by atoms with Crippen LogP contribution in [0.4, 0.5) is 4.39 Å². The number of hydrogen-bond donors (Lipinski definition) is 0. The highest BCUT2D eigenvalue weighted by Gasteiger charge is 2.20. The van der Waals surface area contributed by atoms with Crippen LogP contribution in [-0.4, -0.2) is 9.97 Å². The highest BCUT2D eigenvalue weighted by atomic mass is 19.1. The molecule has 0 saturated carbocycles. The van der Waals surface area contributed by atoms with E-state index in [1.165, 1.54) is 10.8 Å². The Bertz CT molecular complexity index is 2800. The van der Waals surface area contributed by atoms with Crippen LogP contribution in [0, 0.1) is 6.92 Å². The van der Waals surface area contributed by atoms with E-state index in [0.717, 1.165) is 66.0 Å². The van der Waals surface area contributed by atoms with Crippen LogP contribution in [-0.2, 0) is 0 Å². The van der Waals surface area contributed by atoms with E-state index in [1.54, 1.807) is 6.08 Å². The third kappa shape index (κ3) is 5.83. The average Bonchev–Trinajstić information content (AvgIpc) is 3.19. The van der Waals surface area contributed by atoms with Crippen LogP contribution in [0.1, 0.15) is 22.9 Å². The van der Waals surface area contributed by atoms with Crippen LogP contribution in [0.25, 0.3) is 83.1 Å². The number of pyridine rings is 2. The molecule has 242 valence electrons. The Labute approximate surface area is 296 Å². The Morgan fingerprint density at radius 2 is 0.961 bits per heavy atom. The van der Waals surface area contributed by atoms with Crippen molar-refractivity contribution >= 4 is 49.4 Å². The van der Waals surface area contributed by atoms with E-state index < -0.39 is 6.17 Å². The van der Waals surface area contributed by atoms with E-state index in [-0.39, 0.29) is 0 Å². The van der Waals surface area contributed by atoms with Gasteiger partial charge in [0.1, 0.15) is 6.17 Å². The molecule has 0 aliphatic rings. The van der Waals surface area contributed by atoms with Crippen LogP contribution >= 0.6 is 0 Å². The Morgan fingerprint density at radius 1 is 0.471 bits per heavy atom. The number of aryl methyl sites for hydroxylation is 1. The Balaban J connectivity index is 1.29. The second kappa shape index (κ2) is 12.8. The number of halogens is 1. The standard InChI is InChI=1S/C48H33FN2/c1-31-10-2-3-11-32(31)24-25-45(49)44-30-42-29-43(39-21-18-33-12-4-7-15-36(33)26-39)46(40-22-19-34-13-5-8-16-37(34)27-40)50-48(42)51-47(44)41-23-20-35-14-6-9-17-38(35)28-41/h2-30,45H,1H3/b25-24-. The molecule has 9 aromatic rings. The molecule has 3 heteroatoms. The van der Waals surface area contributed by atoms with Crippen molar-refractivity contribution in [2.45, 2.75) is 13.1 Å². The first-order valence-electron chi connectivity index (χ1n) is 17.3. The molecule has 7 aromatic carbocycles. The van der Waals surface area contributed by atoms with Crippen LogP contribution < -0.4 is 0 Å². The molecule has 1 atom stereocenters. The van der Waals surface area contributed by atoms with Gasteiger partial charge in [0.25, 0.3) is 0 Å². The molecular formula is C48H33FN2. The summed E-state index contributed by atoms with van der Waals surface area (Å²) in [7, 11) is 0. The monoisotopic (exact) mass is 656 g/mol. The lowest BCUT2D eigenvalue weighted by atomic mass is 9.93. The number of fused-ring (bicyclic) bond motifs is 4. The highest BCUT2D eigenvalue weighted by molar-refractivity contribution is 5.97. The molecule has 0 bridgehead atoms. The molecule has 0 aliphatic carbocycles. The van der Waals surface area contributed by atoms with Gasteiger partial charge >= 0.3 is 0 Å². The Kier molecular flexibility index (Phi) is 7.67. The average molecular weight is 657 g/mol. The van der Waals surface area contributed by atoms with Gasteiger partial charge in [-0.3, -0.25) is 0 Å². The molecule has 2 heterocycles. The van der Waals surface area contributed by atoms with Gasteiger partial charge in [-0.2, -0.15) is 0 Å². The molecule has 2 aromatic heterocycles. The van der Waals surface area contributed by atoms with Crippen molar-refractivity contribution in [3.63, 3.8) is 0 Å². The van der Waals surface area contributed by atoms with Crippen molar-refractivity contribution in [1.82, 2.24) is 9.97 Å². The molecule has 0 saturated heterocycles. The minimum atomic E-state index is -1.40. The number of allylic oxidation sites excluding steroid dienone is 1. The lowest BCUT2D eigenvalue weighted by Crippen LogP contribution is -2.00. The number of rotatable bonds is 6. The van der Waals surface area contributed by atoms with E-state index in [2.05, 4.69) is 115 Å². The first-order chi connectivity index (χ1) is 25.1. The van der Waals surface area contributed by atoms with E-state index in [1.807, 2.05) is 61.5 Å². The second-order valence-corrected chi connectivity index (χ2v) is 13.2. The zero-order chi connectivity index (χ0) is 34.3. The third-order valence-electron chi connectivity index (χ3n) is 9.87. The summed E-state index contributed by atoms with van der Waals surface area (Å²) in [6, 6.07) is 56.3. The zero-order valence-electron chi connectivity index (χ0n) is 28.1. The second-order valence-electron chi connectivity index (χ2n) is 13.2. The van der Waals surface area contributed by atoms with Crippen LogP contribution in [0.2, 0.25) is 0 Å². The predicted octanol–water partition coefficient (Wildman–Crippen LogP) is 13.1. The van der Waals surface area contributed by atoms with E-state index >= 15 is 4.39 Å². The molecule has 0 N–H and O–H groups in total. The summed E-state index contributed by atoms with van der Waals surface area (Å²) in [5, 5.41) is 7.61. The first kappa shape index (κ1) is 30.6. The number of hydrogen-bond acceptors (Lipinski definition) is 2. The molecule has 0 fully saturated rings. The fraction of sp³-hybridized carbons (Fsp3) is 0.0417. The van der Waals surface area contributed by atoms with Crippen molar-refractivity contribution < 1.29 is 4.39 Å². The van der Waals surface area contributed by atoms with E-state index in [0.29, 0.717) is 16.9 Å². The fourth-order valence-corrected chi connectivity index (χ4v) is 7.10. The normalized spacial score (nSPS) is 12.4. The summed E-state index contributed by atoms with van der Waals surface area (Å²) in [6.07, 6.45) is 2.11. The van der Waals surface area contributed by atoms with Gasteiger partial charge in [-0.15, -0.1) is 0 Å². The molecule has 1 unspecified atom stereocenters. The maximum atomic E-state index is 16.7. The van der Waals surface area contributed by atoms with Crippen molar-refractivity contribution in [2.24, 2.45) is 0 Å². The summed E-state index contributed by atoms with van der Waals surface area (Å²) < 4.78 is 16.7. The lowest BCUT2D eigenvalue weighted by Gasteiger charge is -2.16. The SMILES string of the molecule is Cc1ccccc1/C=C\C(F)c1cc2cc(-c3ccc4ccccc4c3)c(-c3ccc4ccccc4c3)nc2nc1-c1ccc2ccccc2c1. The van der Waals surface area contributed by atoms with Gasteiger partial charge in [-0.25, -0.2) is 14.4 Å². The topological polar surface area (TPSA) is 25.8 Å². The largest absolute Gasteiger partial charge is 0.238 e. The minimum absolute atomic E-state index is 0.507. The molecule has 51 heavy (non-hydrogen) atoms. The van der Waals surface area contributed by atoms with Gasteiger partial charge in [0.05, 0.1) is 11.4 Å². The predicted molar refractivity (Wildman–Crippen MR) is 212 cm³/mol. The summed E-state index contributed by atoms with van der Waals surface area (Å²) in [5.41, 5.74) is 8.46. The van der Waals surface area contributed by atoms with E-state index in [4.69, 9.17) is 9.97 Å². The van der Waals surface area contributed by atoms with Gasteiger partial charge in [0.2, 0.25) is 0 Å². The summed E-state index contributed by atoms with van der Waals surface area (Å²) in [6.45, 7) is 2.04. The summed E-state index contributed by atoms with van der Waals surface area (Å²) in [4.78, 5) is 10.5. The third-order valence-corrected chi connectivity index (χ3v) is 9.87. The molecule has 2 nitrogen and oxygen atoms in total. The maximum absolute atomic E-state index is 16.7. The van der Waals surface area contributed by atoms with E-state index in [9.17, 15) is 0 Å². The van der Waals surface area contributed by atoms with Gasteiger partial charge in [-0.05, 0) is 92.3 Å². The van der Waals surface area contributed by atoms with Crippen molar-refractivity contribution in [3.05, 3.63) is 187 Å². The number of benzene rings is 7. The van der Waals surface area contributed by atoms with Crippen molar-refractivity contribution in [1.29, 1.82) is 0 Å².